The van der Waals surface area contributed by atoms with Crippen LogP contribution in [0.5, 0.6) is 11.5 Å². The second kappa shape index (κ2) is 4.86. The molecule has 2 heterocycles. The molecule has 6 nitrogen and oxygen atoms in total. The maximum absolute atomic E-state index is 12.4. The number of phenols is 2. The van der Waals surface area contributed by atoms with Crippen LogP contribution >= 0.6 is 0 Å². The van der Waals surface area contributed by atoms with E-state index in [1.165, 1.54) is 24.3 Å². The molecular weight excluding hydrogens is 336 g/mol. The normalized spacial score (nSPS) is 11.7. The van der Waals surface area contributed by atoms with Crippen LogP contribution in [-0.4, -0.2) is 10.2 Å². The summed E-state index contributed by atoms with van der Waals surface area (Å²) in [5, 5.41) is 22.1. The average molecular weight is 346 g/mol. The quantitative estimate of drug-likeness (QED) is 0.252. The molecule has 6 heteroatoms. The van der Waals surface area contributed by atoms with Crippen molar-refractivity contribution < 1.29 is 19.0 Å². The Balaban J connectivity index is 2.06. The zero-order chi connectivity index (χ0) is 18.0. The van der Waals surface area contributed by atoms with Crippen LogP contribution in [0.25, 0.3) is 43.5 Å². The summed E-state index contributed by atoms with van der Waals surface area (Å²) in [6, 6.07) is 12.1. The average Bonchev–Trinajstić information content (AvgIpc) is 2.60. The van der Waals surface area contributed by atoms with E-state index in [0.717, 1.165) is 0 Å². The maximum atomic E-state index is 12.4. The predicted molar refractivity (Wildman–Crippen MR) is 96.9 cm³/mol. The molecule has 0 saturated carbocycles. The summed E-state index contributed by atoms with van der Waals surface area (Å²) in [5.41, 5.74) is -0.672. The topological polar surface area (TPSA) is 101 Å². The van der Waals surface area contributed by atoms with Crippen molar-refractivity contribution in [2.75, 3.05) is 0 Å². The Hall–Kier alpha value is -3.80. The molecule has 2 aromatic heterocycles. The van der Waals surface area contributed by atoms with Gasteiger partial charge in [-0.15, -0.1) is 0 Å². The SMILES string of the molecule is O=c1oc2cc(O)ccc2c2cc3c(=O)oc4cc(O)ccc4c3cc12. The van der Waals surface area contributed by atoms with E-state index < -0.39 is 11.3 Å². The molecule has 0 fully saturated rings. The van der Waals surface area contributed by atoms with Crippen LogP contribution in [0.15, 0.2) is 67.0 Å². The molecule has 126 valence electrons. The van der Waals surface area contributed by atoms with Crippen LogP contribution in [-0.2, 0) is 0 Å². The zero-order valence-corrected chi connectivity index (χ0v) is 13.1. The molecule has 0 aliphatic rings. The van der Waals surface area contributed by atoms with Crippen LogP contribution in [0.3, 0.4) is 0 Å². The van der Waals surface area contributed by atoms with Crippen molar-refractivity contribution in [3.63, 3.8) is 0 Å². The lowest BCUT2D eigenvalue weighted by atomic mass is 10.0. The fraction of sp³-hybridized carbons (Fsp3) is 0. The summed E-state index contributed by atoms with van der Waals surface area (Å²) in [4.78, 5) is 24.9. The number of rotatable bonds is 0. The van der Waals surface area contributed by atoms with E-state index >= 15 is 0 Å². The summed E-state index contributed by atoms with van der Waals surface area (Å²) in [6.07, 6.45) is 0. The first-order valence-electron chi connectivity index (χ1n) is 7.80. The van der Waals surface area contributed by atoms with Crippen LogP contribution < -0.4 is 11.3 Å². The van der Waals surface area contributed by atoms with E-state index in [-0.39, 0.29) is 22.7 Å². The molecule has 0 atom stereocenters. The first kappa shape index (κ1) is 14.5. The van der Waals surface area contributed by atoms with Crippen molar-refractivity contribution in [3.8, 4) is 11.5 Å². The van der Waals surface area contributed by atoms with E-state index in [1.807, 2.05) is 0 Å². The summed E-state index contributed by atoms with van der Waals surface area (Å²) >= 11 is 0. The summed E-state index contributed by atoms with van der Waals surface area (Å²) in [5.74, 6) is -0.0443. The van der Waals surface area contributed by atoms with Gasteiger partial charge in [0.2, 0.25) is 0 Å². The van der Waals surface area contributed by atoms with Crippen molar-refractivity contribution in [2.24, 2.45) is 0 Å². The molecule has 5 rings (SSSR count). The van der Waals surface area contributed by atoms with Gasteiger partial charge in [0.1, 0.15) is 22.7 Å². The Labute approximate surface area is 144 Å². The molecule has 0 aliphatic heterocycles. The van der Waals surface area contributed by atoms with Crippen LogP contribution in [0.1, 0.15) is 0 Å². The molecule has 0 unspecified atom stereocenters. The highest BCUT2D eigenvalue weighted by Crippen LogP contribution is 2.32. The highest BCUT2D eigenvalue weighted by Gasteiger charge is 2.14. The first-order valence-corrected chi connectivity index (χ1v) is 7.80. The van der Waals surface area contributed by atoms with E-state index in [4.69, 9.17) is 8.83 Å². The number of aromatic hydroxyl groups is 2. The van der Waals surface area contributed by atoms with Gasteiger partial charge in [0.15, 0.2) is 0 Å². The number of fused-ring (bicyclic) bond motifs is 6. The second-order valence-corrected chi connectivity index (χ2v) is 6.08. The van der Waals surface area contributed by atoms with Gasteiger partial charge in [-0.2, -0.15) is 0 Å². The third-order valence-corrected chi connectivity index (χ3v) is 4.51. The van der Waals surface area contributed by atoms with Gasteiger partial charge in [0.25, 0.3) is 0 Å². The monoisotopic (exact) mass is 346 g/mol. The Morgan fingerprint density at radius 2 is 0.962 bits per heavy atom. The van der Waals surface area contributed by atoms with Crippen LogP contribution in [0.2, 0.25) is 0 Å². The molecular formula is C20H10O6. The molecule has 0 spiro atoms. The van der Waals surface area contributed by atoms with Crippen molar-refractivity contribution >= 4 is 43.5 Å². The van der Waals surface area contributed by atoms with Gasteiger partial charge >= 0.3 is 11.3 Å². The molecule has 5 aromatic rings. The Kier molecular flexibility index (Phi) is 2.72. The molecule has 0 bridgehead atoms. The third kappa shape index (κ3) is 1.92. The van der Waals surface area contributed by atoms with Gasteiger partial charge in [-0.3, -0.25) is 0 Å². The summed E-state index contributed by atoms with van der Waals surface area (Å²) < 4.78 is 10.6. The van der Waals surface area contributed by atoms with Gasteiger partial charge in [-0.25, -0.2) is 9.59 Å². The van der Waals surface area contributed by atoms with E-state index in [9.17, 15) is 19.8 Å². The largest absolute Gasteiger partial charge is 0.508 e. The minimum absolute atomic E-state index is 0.0221. The highest BCUT2D eigenvalue weighted by atomic mass is 16.4. The molecule has 26 heavy (non-hydrogen) atoms. The van der Waals surface area contributed by atoms with Crippen molar-refractivity contribution in [2.45, 2.75) is 0 Å². The van der Waals surface area contributed by atoms with Gasteiger partial charge in [-0.1, -0.05) is 0 Å². The van der Waals surface area contributed by atoms with Crippen LogP contribution in [0, 0.1) is 0 Å². The smallest absolute Gasteiger partial charge is 0.344 e. The molecule has 3 aromatic carbocycles. The standard InChI is InChI=1S/C20H10O6/c21-9-1-3-11-13-7-16-14(8-15(13)19(23)25-17(11)5-9)12-4-2-10(22)6-18(12)26-20(16)24/h1-8,21-22H. The number of hydrogen-bond acceptors (Lipinski definition) is 6. The predicted octanol–water partition coefficient (Wildman–Crippen LogP) is 3.62. The van der Waals surface area contributed by atoms with Crippen molar-refractivity contribution in [3.05, 3.63) is 69.4 Å². The van der Waals surface area contributed by atoms with E-state index in [2.05, 4.69) is 0 Å². The summed E-state index contributed by atoms with van der Waals surface area (Å²) in [6.45, 7) is 0. The maximum Gasteiger partial charge on any atom is 0.344 e. The highest BCUT2D eigenvalue weighted by molar-refractivity contribution is 6.14. The lowest BCUT2D eigenvalue weighted by molar-refractivity contribution is 0.472. The Morgan fingerprint density at radius 3 is 1.38 bits per heavy atom. The first-order chi connectivity index (χ1) is 12.5. The molecule has 0 saturated heterocycles. The van der Waals surface area contributed by atoms with Crippen molar-refractivity contribution in [1.29, 1.82) is 0 Å². The second-order valence-electron chi connectivity index (χ2n) is 6.08. The van der Waals surface area contributed by atoms with E-state index in [0.29, 0.717) is 32.3 Å². The lowest BCUT2D eigenvalue weighted by Gasteiger charge is -2.07. The Morgan fingerprint density at radius 1 is 0.538 bits per heavy atom. The number of benzene rings is 3. The van der Waals surface area contributed by atoms with Crippen molar-refractivity contribution in [1.82, 2.24) is 0 Å². The molecule has 0 radical (unpaired) electrons. The zero-order valence-electron chi connectivity index (χ0n) is 13.1. The third-order valence-electron chi connectivity index (χ3n) is 4.51. The van der Waals surface area contributed by atoms with Crippen LogP contribution in [0.4, 0.5) is 0 Å². The van der Waals surface area contributed by atoms with Gasteiger partial charge in [0, 0.05) is 33.7 Å². The fourth-order valence-electron chi connectivity index (χ4n) is 3.33. The number of phenolic OH excluding ortho intramolecular Hbond substituents is 2. The molecule has 0 amide bonds. The molecule has 0 aliphatic carbocycles. The molecule has 2 N–H and O–H groups in total. The summed E-state index contributed by atoms with van der Waals surface area (Å²) in [7, 11) is 0. The van der Waals surface area contributed by atoms with E-state index in [1.54, 1.807) is 24.3 Å². The van der Waals surface area contributed by atoms with Gasteiger partial charge in [0.05, 0.1) is 10.8 Å². The minimum atomic E-state index is -0.569. The minimum Gasteiger partial charge on any atom is -0.508 e. The Bertz CT molecular complexity index is 1370. The van der Waals surface area contributed by atoms with Gasteiger partial charge < -0.3 is 19.0 Å². The fourth-order valence-corrected chi connectivity index (χ4v) is 3.33. The van der Waals surface area contributed by atoms with Gasteiger partial charge in [-0.05, 0) is 36.4 Å². The number of hydrogen-bond donors (Lipinski definition) is 2. The lowest BCUT2D eigenvalue weighted by Crippen LogP contribution is -2.04.